The molecule has 5 heteroatoms. The van der Waals surface area contributed by atoms with Crippen LogP contribution < -0.4 is 10.6 Å². The van der Waals surface area contributed by atoms with Gasteiger partial charge in [0.05, 0.1) is 23.1 Å². The summed E-state index contributed by atoms with van der Waals surface area (Å²) >= 11 is 3.59. The van der Waals surface area contributed by atoms with Gasteiger partial charge in [-0.3, -0.25) is 0 Å². The standard InChI is InChI=1S/C19H17N3S2/c1-2-6-17-13(4-1)21-15-10-12(7-8-18(15)24-17)16-11-23-19(22-16)14-5-3-9-20-14/h1-2,4,6-8,10-11,14,20-21H,3,5,9H2. The van der Waals surface area contributed by atoms with Crippen LogP contribution >= 0.6 is 23.1 Å². The van der Waals surface area contributed by atoms with E-state index in [9.17, 15) is 0 Å². The molecule has 0 amide bonds. The van der Waals surface area contributed by atoms with Gasteiger partial charge < -0.3 is 10.6 Å². The first-order valence-electron chi connectivity index (χ1n) is 8.24. The number of para-hydroxylation sites is 1. The molecule has 3 nitrogen and oxygen atoms in total. The Morgan fingerprint density at radius 2 is 1.96 bits per heavy atom. The van der Waals surface area contributed by atoms with E-state index in [2.05, 4.69) is 58.5 Å². The van der Waals surface area contributed by atoms with Crippen LogP contribution in [-0.4, -0.2) is 11.5 Å². The number of benzene rings is 2. The first-order valence-corrected chi connectivity index (χ1v) is 9.93. The van der Waals surface area contributed by atoms with E-state index in [0.29, 0.717) is 6.04 Å². The first-order chi connectivity index (χ1) is 11.9. The van der Waals surface area contributed by atoms with Gasteiger partial charge in [0.1, 0.15) is 5.01 Å². The van der Waals surface area contributed by atoms with Gasteiger partial charge in [-0.25, -0.2) is 4.98 Å². The third kappa shape index (κ3) is 2.53. The van der Waals surface area contributed by atoms with Crippen molar-refractivity contribution < 1.29 is 0 Å². The van der Waals surface area contributed by atoms with Gasteiger partial charge in [0.2, 0.25) is 0 Å². The third-order valence-electron chi connectivity index (χ3n) is 4.53. The van der Waals surface area contributed by atoms with Crippen molar-refractivity contribution in [2.45, 2.75) is 28.7 Å². The number of hydrogen-bond acceptors (Lipinski definition) is 5. The molecule has 1 atom stereocenters. The highest BCUT2D eigenvalue weighted by Crippen LogP contribution is 2.45. The number of nitrogens with one attached hydrogen (secondary N) is 2. The monoisotopic (exact) mass is 351 g/mol. The molecule has 0 aliphatic carbocycles. The highest BCUT2D eigenvalue weighted by atomic mass is 32.2. The van der Waals surface area contributed by atoms with Crippen molar-refractivity contribution in [1.29, 1.82) is 0 Å². The van der Waals surface area contributed by atoms with Crippen LogP contribution in [0, 0.1) is 0 Å². The van der Waals surface area contributed by atoms with E-state index in [-0.39, 0.29) is 0 Å². The van der Waals surface area contributed by atoms with Gasteiger partial charge in [-0.05, 0) is 43.7 Å². The maximum absolute atomic E-state index is 4.88. The second-order valence-corrected chi connectivity index (χ2v) is 8.13. The number of hydrogen-bond donors (Lipinski definition) is 2. The predicted molar refractivity (Wildman–Crippen MR) is 101 cm³/mol. The van der Waals surface area contributed by atoms with Gasteiger partial charge in [0.25, 0.3) is 0 Å². The molecule has 2 aromatic carbocycles. The lowest BCUT2D eigenvalue weighted by Crippen LogP contribution is -2.12. The van der Waals surface area contributed by atoms with Gasteiger partial charge in [-0.1, -0.05) is 30.0 Å². The predicted octanol–water partition coefficient (Wildman–Crippen LogP) is 5.44. The summed E-state index contributed by atoms with van der Waals surface area (Å²) in [5.41, 5.74) is 4.62. The number of anilines is 2. The molecule has 0 bridgehead atoms. The molecule has 0 saturated carbocycles. The molecule has 0 radical (unpaired) electrons. The Bertz CT molecular complexity index is 897. The Labute approximate surface area is 149 Å². The second-order valence-electron chi connectivity index (χ2n) is 6.15. The smallest absolute Gasteiger partial charge is 0.110 e. The van der Waals surface area contributed by atoms with Crippen molar-refractivity contribution in [3.63, 3.8) is 0 Å². The van der Waals surface area contributed by atoms with Crippen molar-refractivity contribution in [1.82, 2.24) is 10.3 Å². The molecule has 1 unspecified atom stereocenters. The summed E-state index contributed by atoms with van der Waals surface area (Å²) in [4.78, 5) is 7.42. The molecule has 1 saturated heterocycles. The van der Waals surface area contributed by atoms with Crippen LogP contribution in [0.4, 0.5) is 11.4 Å². The summed E-state index contributed by atoms with van der Waals surface area (Å²) in [6.45, 7) is 1.11. The highest BCUT2D eigenvalue weighted by Gasteiger charge is 2.20. The van der Waals surface area contributed by atoms with E-state index in [1.165, 1.54) is 44.6 Å². The van der Waals surface area contributed by atoms with Gasteiger partial charge in [0, 0.05) is 20.7 Å². The Kier molecular flexibility index (Phi) is 3.58. The van der Waals surface area contributed by atoms with Crippen molar-refractivity contribution in [3.05, 3.63) is 52.9 Å². The van der Waals surface area contributed by atoms with Crippen LogP contribution in [0.1, 0.15) is 23.9 Å². The van der Waals surface area contributed by atoms with Gasteiger partial charge in [-0.15, -0.1) is 11.3 Å². The molecule has 2 aliphatic heterocycles. The second kappa shape index (κ2) is 5.92. The fourth-order valence-electron chi connectivity index (χ4n) is 3.27. The molecular formula is C19H17N3S2. The molecule has 1 aromatic heterocycles. The fraction of sp³-hybridized carbons (Fsp3) is 0.211. The van der Waals surface area contributed by atoms with E-state index in [4.69, 9.17) is 4.98 Å². The van der Waals surface area contributed by atoms with Gasteiger partial charge >= 0.3 is 0 Å². The Hall–Kier alpha value is -1.82. The Morgan fingerprint density at radius 1 is 1.04 bits per heavy atom. The third-order valence-corrected chi connectivity index (χ3v) is 6.64. The minimum absolute atomic E-state index is 0.446. The average molecular weight is 351 g/mol. The van der Waals surface area contributed by atoms with Crippen LogP contribution in [0.5, 0.6) is 0 Å². The van der Waals surface area contributed by atoms with Gasteiger partial charge in [0.15, 0.2) is 0 Å². The van der Waals surface area contributed by atoms with E-state index >= 15 is 0 Å². The molecule has 2 aliphatic rings. The summed E-state index contributed by atoms with van der Waals surface area (Å²) in [5, 5.41) is 10.5. The minimum atomic E-state index is 0.446. The van der Waals surface area contributed by atoms with Crippen molar-refractivity contribution in [3.8, 4) is 11.3 Å². The lowest BCUT2D eigenvalue weighted by Gasteiger charge is -2.21. The molecule has 0 spiro atoms. The molecule has 2 N–H and O–H groups in total. The largest absolute Gasteiger partial charge is 0.354 e. The number of rotatable bonds is 2. The van der Waals surface area contributed by atoms with Crippen LogP contribution in [0.25, 0.3) is 11.3 Å². The van der Waals surface area contributed by atoms with Crippen LogP contribution in [0.3, 0.4) is 0 Å². The minimum Gasteiger partial charge on any atom is -0.354 e. The molecule has 3 aromatic rings. The summed E-state index contributed by atoms with van der Waals surface area (Å²) in [7, 11) is 0. The van der Waals surface area contributed by atoms with Crippen LogP contribution in [-0.2, 0) is 0 Å². The lowest BCUT2D eigenvalue weighted by atomic mass is 10.1. The molecule has 24 heavy (non-hydrogen) atoms. The van der Waals surface area contributed by atoms with Crippen molar-refractivity contribution >= 4 is 34.5 Å². The lowest BCUT2D eigenvalue weighted by molar-refractivity contribution is 0.643. The van der Waals surface area contributed by atoms with E-state index < -0.39 is 0 Å². The average Bonchev–Trinajstić information content (AvgIpc) is 3.30. The first kappa shape index (κ1) is 14.5. The molecule has 3 heterocycles. The molecule has 1 fully saturated rings. The maximum atomic E-state index is 4.88. The number of aromatic nitrogens is 1. The van der Waals surface area contributed by atoms with Crippen LogP contribution in [0.15, 0.2) is 57.6 Å². The maximum Gasteiger partial charge on any atom is 0.110 e. The normalized spacial score (nSPS) is 18.8. The molecule has 120 valence electrons. The summed E-state index contributed by atoms with van der Waals surface area (Å²) in [6.07, 6.45) is 2.45. The van der Waals surface area contributed by atoms with Gasteiger partial charge in [-0.2, -0.15) is 0 Å². The highest BCUT2D eigenvalue weighted by molar-refractivity contribution is 7.99. The number of fused-ring (bicyclic) bond motifs is 2. The number of nitrogens with zero attached hydrogens (tertiary/aromatic N) is 1. The number of thiazole rings is 1. The zero-order valence-corrected chi connectivity index (χ0v) is 14.7. The SMILES string of the molecule is c1ccc2c(c1)Nc1cc(-c3csc(C4CCCN4)n3)ccc1S2. The van der Waals surface area contributed by atoms with Crippen molar-refractivity contribution in [2.24, 2.45) is 0 Å². The van der Waals surface area contributed by atoms with E-state index in [0.717, 1.165) is 12.2 Å². The topological polar surface area (TPSA) is 37.0 Å². The van der Waals surface area contributed by atoms with Crippen LogP contribution in [0.2, 0.25) is 0 Å². The molecule has 5 rings (SSSR count). The van der Waals surface area contributed by atoms with Crippen molar-refractivity contribution in [2.75, 3.05) is 11.9 Å². The summed E-state index contributed by atoms with van der Waals surface area (Å²) in [5.74, 6) is 0. The van der Waals surface area contributed by atoms with E-state index in [1.54, 1.807) is 11.3 Å². The summed E-state index contributed by atoms with van der Waals surface area (Å²) in [6, 6.07) is 15.5. The zero-order valence-electron chi connectivity index (χ0n) is 13.1. The quantitative estimate of drug-likeness (QED) is 0.504. The summed E-state index contributed by atoms with van der Waals surface area (Å²) < 4.78 is 0. The zero-order chi connectivity index (χ0) is 15.9. The Morgan fingerprint density at radius 3 is 2.88 bits per heavy atom. The van der Waals surface area contributed by atoms with E-state index in [1.807, 2.05) is 11.8 Å². The Balaban J connectivity index is 1.46. The molecular weight excluding hydrogens is 334 g/mol. The fourth-order valence-corrected chi connectivity index (χ4v) is 5.18.